The second-order valence-corrected chi connectivity index (χ2v) is 4.43. The Balaban J connectivity index is 2.11. The fourth-order valence-electron chi connectivity index (χ4n) is 1.71. The smallest absolute Gasteiger partial charge is 0.274 e. The van der Waals surface area contributed by atoms with E-state index in [0.717, 1.165) is 6.42 Å². The molecule has 6 heteroatoms. The fourth-order valence-corrected chi connectivity index (χ4v) is 1.71. The lowest BCUT2D eigenvalue weighted by Crippen LogP contribution is -2.46. The highest BCUT2D eigenvalue weighted by atomic mass is 16.5. The van der Waals surface area contributed by atoms with E-state index in [-0.39, 0.29) is 17.1 Å². The summed E-state index contributed by atoms with van der Waals surface area (Å²) in [6, 6.07) is 0. The minimum Gasteiger partial charge on any atom is -0.395 e. The predicted molar refractivity (Wildman–Crippen MR) is 59.0 cm³/mol. The third-order valence-corrected chi connectivity index (χ3v) is 2.84. The van der Waals surface area contributed by atoms with Crippen molar-refractivity contribution in [3.63, 3.8) is 0 Å². The van der Waals surface area contributed by atoms with Gasteiger partial charge in [0.2, 0.25) is 0 Å². The maximum Gasteiger partial charge on any atom is 0.274 e. The Morgan fingerprint density at radius 3 is 2.94 bits per heavy atom. The van der Waals surface area contributed by atoms with E-state index in [9.17, 15) is 4.79 Å². The Bertz CT molecular complexity index is 407. The van der Waals surface area contributed by atoms with Gasteiger partial charge >= 0.3 is 0 Å². The number of ether oxygens (including phenoxy) is 1. The van der Waals surface area contributed by atoms with Gasteiger partial charge in [-0.2, -0.15) is 5.10 Å². The van der Waals surface area contributed by atoms with Gasteiger partial charge in [-0.25, -0.2) is 0 Å². The number of aromatic nitrogens is 2. The molecular formula is C10H16N4O2. The van der Waals surface area contributed by atoms with Gasteiger partial charge in [0, 0.05) is 6.61 Å². The van der Waals surface area contributed by atoms with Crippen LogP contribution >= 0.6 is 0 Å². The first-order chi connectivity index (χ1) is 7.52. The molecule has 0 radical (unpaired) electrons. The van der Waals surface area contributed by atoms with E-state index in [4.69, 9.17) is 10.5 Å². The fraction of sp³-hybridized carbons (Fsp3) is 0.600. The Morgan fingerprint density at radius 2 is 2.44 bits per heavy atom. The van der Waals surface area contributed by atoms with Crippen LogP contribution in [0, 0.1) is 6.92 Å². The number of nitrogens with two attached hydrogens (primary N) is 1. The van der Waals surface area contributed by atoms with E-state index in [1.807, 2.05) is 6.92 Å². The highest BCUT2D eigenvalue weighted by Gasteiger charge is 2.32. The Morgan fingerprint density at radius 1 is 1.69 bits per heavy atom. The molecule has 0 bridgehead atoms. The van der Waals surface area contributed by atoms with Crippen LogP contribution in [0.1, 0.15) is 29.5 Å². The molecule has 1 atom stereocenters. The van der Waals surface area contributed by atoms with E-state index >= 15 is 0 Å². The molecule has 6 nitrogen and oxygen atoms in total. The van der Waals surface area contributed by atoms with Crippen molar-refractivity contribution in [2.45, 2.75) is 25.8 Å². The second kappa shape index (κ2) is 3.79. The first kappa shape index (κ1) is 10.9. The zero-order chi connectivity index (χ0) is 11.8. The largest absolute Gasteiger partial charge is 0.395 e. The number of nitrogen functional groups attached to an aromatic ring is 1. The monoisotopic (exact) mass is 224 g/mol. The molecule has 2 rings (SSSR count). The van der Waals surface area contributed by atoms with Crippen molar-refractivity contribution in [3.8, 4) is 0 Å². The Hall–Kier alpha value is -1.56. The summed E-state index contributed by atoms with van der Waals surface area (Å²) in [4.78, 5) is 11.9. The number of H-pyrrole nitrogens is 1. The molecule has 1 amide bonds. The van der Waals surface area contributed by atoms with Crippen molar-refractivity contribution in [1.82, 2.24) is 15.5 Å². The van der Waals surface area contributed by atoms with Crippen molar-refractivity contribution in [3.05, 3.63) is 11.4 Å². The number of carbonyl (C=O) groups is 1. The van der Waals surface area contributed by atoms with E-state index < -0.39 is 0 Å². The summed E-state index contributed by atoms with van der Waals surface area (Å²) in [7, 11) is 0. The lowest BCUT2D eigenvalue weighted by molar-refractivity contribution is 0.0885. The maximum atomic E-state index is 11.9. The van der Waals surface area contributed by atoms with Crippen LogP contribution in [0.4, 0.5) is 5.69 Å². The topological polar surface area (TPSA) is 93.0 Å². The first-order valence-corrected chi connectivity index (χ1v) is 5.22. The molecule has 0 aliphatic carbocycles. The number of hydrogen-bond donors (Lipinski definition) is 3. The Labute approximate surface area is 93.5 Å². The average Bonchev–Trinajstić information content (AvgIpc) is 2.76. The maximum absolute atomic E-state index is 11.9. The van der Waals surface area contributed by atoms with Gasteiger partial charge in [0.1, 0.15) is 0 Å². The van der Waals surface area contributed by atoms with Crippen LogP contribution < -0.4 is 11.1 Å². The van der Waals surface area contributed by atoms with Gasteiger partial charge in [-0.15, -0.1) is 0 Å². The van der Waals surface area contributed by atoms with Crippen molar-refractivity contribution in [2.75, 3.05) is 18.9 Å². The van der Waals surface area contributed by atoms with Gasteiger partial charge in [0.05, 0.1) is 23.5 Å². The van der Waals surface area contributed by atoms with E-state index in [1.165, 1.54) is 0 Å². The first-order valence-electron chi connectivity index (χ1n) is 5.22. The van der Waals surface area contributed by atoms with Gasteiger partial charge in [-0.3, -0.25) is 9.89 Å². The number of carbonyl (C=O) groups excluding carboxylic acids is 1. The second-order valence-electron chi connectivity index (χ2n) is 4.43. The van der Waals surface area contributed by atoms with Crippen LogP contribution in [0.3, 0.4) is 0 Å². The summed E-state index contributed by atoms with van der Waals surface area (Å²) < 4.78 is 5.26. The van der Waals surface area contributed by atoms with Crippen molar-refractivity contribution in [1.29, 1.82) is 0 Å². The van der Waals surface area contributed by atoms with Crippen molar-refractivity contribution in [2.24, 2.45) is 0 Å². The number of hydrogen-bond acceptors (Lipinski definition) is 4. The minimum absolute atomic E-state index is 0.255. The van der Waals surface area contributed by atoms with Crippen LogP contribution in [0.5, 0.6) is 0 Å². The third-order valence-electron chi connectivity index (χ3n) is 2.84. The number of nitrogens with one attached hydrogen (secondary N) is 2. The van der Waals surface area contributed by atoms with Crippen LogP contribution in [-0.2, 0) is 4.74 Å². The van der Waals surface area contributed by atoms with Crippen LogP contribution in [0.2, 0.25) is 0 Å². The lowest BCUT2D eigenvalue weighted by Gasteiger charge is -2.22. The zero-order valence-corrected chi connectivity index (χ0v) is 9.46. The van der Waals surface area contributed by atoms with E-state index in [1.54, 1.807) is 6.92 Å². The molecule has 0 saturated carbocycles. The molecule has 2 heterocycles. The molecule has 1 saturated heterocycles. The molecule has 1 unspecified atom stereocenters. The molecule has 88 valence electrons. The predicted octanol–water partition coefficient (Wildman–Crippen LogP) is 0.209. The summed E-state index contributed by atoms with van der Waals surface area (Å²) in [5, 5.41) is 9.47. The molecule has 1 aliphatic rings. The van der Waals surface area contributed by atoms with Crippen molar-refractivity contribution < 1.29 is 9.53 Å². The molecule has 1 aliphatic heterocycles. The van der Waals surface area contributed by atoms with Gasteiger partial charge in [0.25, 0.3) is 5.91 Å². The van der Waals surface area contributed by atoms with Gasteiger partial charge < -0.3 is 15.8 Å². The minimum atomic E-state index is -0.309. The molecule has 4 N–H and O–H groups in total. The summed E-state index contributed by atoms with van der Waals surface area (Å²) in [6.45, 7) is 4.93. The average molecular weight is 224 g/mol. The number of nitrogens with zero attached hydrogens (tertiary/aromatic N) is 1. The SMILES string of the molecule is Cc1[nH]nc(C(=O)NC2(C)CCOC2)c1N. The quantitative estimate of drug-likeness (QED) is 0.669. The van der Waals surface area contributed by atoms with Crippen LogP contribution in [0.25, 0.3) is 0 Å². The summed E-state index contributed by atoms with van der Waals surface area (Å²) in [6.07, 6.45) is 0.808. The van der Waals surface area contributed by atoms with Gasteiger partial charge in [-0.1, -0.05) is 0 Å². The molecule has 1 aromatic rings. The number of aryl methyl sites for hydroxylation is 1. The van der Waals surface area contributed by atoms with E-state index in [2.05, 4.69) is 15.5 Å². The summed E-state index contributed by atoms with van der Waals surface area (Å²) in [5.74, 6) is -0.255. The summed E-state index contributed by atoms with van der Waals surface area (Å²) >= 11 is 0. The molecular weight excluding hydrogens is 208 g/mol. The van der Waals surface area contributed by atoms with E-state index in [0.29, 0.717) is 24.6 Å². The normalized spacial score (nSPS) is 24.6. The van der Waals surface area contributed by atoms with Crippen LogP contribution in [-0.4, -0.2) is 34.9 Å². The number of amides is 1. The summed E-state index contributed by atoms with van der Waals surface area (Å²) in [5.41, 5.74) is 6.79. The van der Waals surface area contributed by atoms with Gasteiger partial charge in [0.15, 0.2) is 5.69 Å². The van der Waals surface area contributed by atoms with Gasteiger partial charge in [-0.05, 0) is 20.3 Å². The highest BCUT2D eigenvalue weighted by Crippen LogP contribution is 2.19. The number of rotatable bonds is 2. The number of aromatic amines is 1. The molecule has 16 heavy (non-hydrogen) atoms. The standard InChI is InChI=1S/C10H16N4O2/c1-6-7(11)8(14-13-6)9(15)12-10(2)3-4-16-5-10/h3-5,11H2,1-2H3,(H,12,15)(H,13,14). The third kappa shape index (κ3) is 1.88. The molecule has 1 aromatic heterocycles. The molecule has 1 fully saturated rings. The Kier molecular flexibility index (Phi) is 2.59. The lowest BCUT2D eigenvalue weighted by atomic mass is 10.0. The van der Waals surface area contributed by atoms with Crippen LogP contribution in [0.15, 0.2) is 0 Å². The van der Waals surface area contributed by atoms with Crippen molar-refractivity contribution >= 4 is 11.6 Å². The highest BCUT2D eigenvalue weighted by molar-refractivity contribution is 5.98. The zero-order valence-electron chi connectivity index (χ0n) is 9.46. The molecule has 0 aromatic carbocycles. The molecule has 0 spiro atoms. The number of anilines is 1.